The van der Waals surface area contributed by atoms with Gasteiger partial charge < -0.3 is 4.74 Å². The third kappa shape index (κ3) is 2.85. The number of halogens is 1. The van der Waals surface area contributed by atoms with Crippen molar-refractivity contribution >= 4 is 23.9 Å². The number of hydrogen-bond donors (Lipinski definition) is 0. The van der Waals surface area contributed by atoms with Crippen LogP contribution in [0, 0.1) is 0 Å². The molecule has 0 aromatic heterocycles. The molecule has 3 nitrogen and oxygen atoms in total. The number of carbonyl (C=O) groups is 2. The summed E-state index contributed by atoms with van der Waals surface area (Å²) in [6.45, 7) is 1.69. The largest absolute Gasteiger partial charge is 0.452 e. The molecule has 0 aliphatic carbocycles. The highest BCUT2D eigenvalue weighted by Crippen LogP contribution is 2.18. The van der Waals surface area contributed by atoms with Gasteiger partial charge in [-0.1, -0.05) is 23.7 Å². The lowest BCUT2D eigenvalue weighted by atomic mass is 10.1. The molecular formula is C10H9ClO3. The molecular weight excluding hydrogens is 204 g/mol. The molecule has 0 N–H and O–H groups in total. The Kier molecular flexibility index (Phi) is 3.65. The van der Waals surface area contributed by atoms with Gasteiger partial charge in [0.1, 0.15) is 6.10 Å². The summed E-state index contributed by atoms with van der Waals surface area (Å²) >= 11 is 5.69. The van der Waals surface area contributed by atoms with Gasteiger partial charge in [-0.3, -0.25) is 4.79 Å². The van der Waals surface area contributed by atoms with Gasteiger partial charge in [-0.05, 0) is 24.6 Å². The summed E-state index contributed by atoms with van der Waals surface area (Å²) in [6.07, 6.45) is -0.295. The SMILES string of the molecule is CC(OC(=O)C=O)c1ccc(Cl)cc1. The Morgan fingerprint density at radius 3 is 2.50 bits per heavy atom. The Hall–Kier alpha value is -1.35. The van der Waals surface area contributed by atoms with Gasteiger partial charge in [0, 0.05) is 5.02 Å². The first-order chi connectivity index (χ1) is 6.63. The number of ether oxygens (including phenoxy) is 1. The van der Waals surface area contributed by atoms with Crippen LogP contribution in [0.4, 0.5) is 0 Å². The molecule has 0 amide bonds. The highest BCUT2D eigenvalue weighted by Gasteiger charge is 2.09. The molecule has 1 aromatic carbocycles. The number of esters is 1. The van der Waals surface area contributed by atoms with Crippen LogP contribution in [0.2, 0.25) is 5.02 Å². The lowest BCUT2D eigenvalue weighted by Crippen LogP contribution is -2.09. The number of carbonyl (C=O) groups excluding carboxylic acids is 2. The monoisotopic (exact) mass is 212 g/mol. The van der Waals surface area contributed by atoms with Crippen molar-refractivity contribution in [1.82, 2.24) is 0 Å². The molecule has 14 heavy (non-hydrogen) atoms. The molecule has 0 aliphatic heterocycles. The van der Waals surface area contributed by atoms with E-state index in [1.807, 2.05) is 0 Å². The van der Waals surface area contributed by atoms with Crippen molar-refractivity contribution in [3.63, 3.8) is 0 Å². The van der Waals surface area contributed by atoms with Crippen LogP contribution in [0.15, 0.2) is 24.3 Å². The number of hydrogen-bond acceptors (Lipinski definition) is 3. The van der Waals surface area contributed by atoms with E-state index in [-0.39, 0.29) is 6.29 Å². The van der Waals surface area contributed by atoms with Gasteiger partial charge in [0.15, 0.2) is 0 Å². The van der Waals surface area contributed by atoms with Crippen LogP contribution in [0.25, 0.3) is 0 Å². The standard InChI is InChI=1S/C10H9ClO3/c1-7(14-10(13)6-12)8-2-4-9(11)5-3-8/h2-7H,1H3. The summed E-state index contributed by atoms with van der Waals surface area (Å²) in [4.78, 5) is 20.7. The van der Waals surface area contributed by atoms with E-state index in [0.717, 1.165) is 5.56 Å². The fraction of sp³-hybridized carbons (Fsp3) is 0.200. The van der Waals surface area contributed by atoms with E-state index in [9.17, 15) is 9.59 Å². The quantitative estimate of drug-likeness (QED) is 0.438. The molecule has 0 aliphatic rings. The van der Waals surface area contributed by atoms with Crippen molar-refractivity contribution in [2.45, 2.75) is 13.0 Å². The lowest BCUT2D eigenvalue weighted by Gasteiger charge is -2.10. The molecule has 0 saturated heterocycles. The lowest BCUT2D eigenvalue weighted by molar-refractivity contribution is -0.152. The molecule has 0 saturated carbocycles. The minimum Gasteiger partial charge on any atom is -0.452 e. The topological polar surface area (TPSA) is 43.4 Å². The van der Waals surface area contributed by atoms with Crippen molar-refractivity contribution < 1.29 is 14.3 Å². The molecule has 0 spiro atoms. The van der Waals surface area contributed by atoms with Crippen LogP contribution in [0.3, 0.4) is 0 Å². The fourth-order valence-corrected chi connectivity index (χ4v) is 1.13. The zero-order valence-corrected chi connectivity index (χ0v) is 8.32. The van der Waals surface area contributed by atoms with Gasteiger partial charge >= 0.3 is 5.97 Å². The van der Waals surface area contributed by atoms with Gasteiger partial charge in [-0.25, -0.2) is 4.79 Å². The Balaban J connectivity index is 2.69. The molecule has 4 heteroatoms. The maximum absolute atomic E-state index is 10.6. The predicted molar refractivity (Wildman–Crippen MR) is 52.0 cm³/mol. The van der Waals surface area contributed by atoms with E-state index >= 15 is 0 Å². The van der Waals surface area contributed by atoms with Crippen molar-refractivity contribution in [1.29, 1.82) is 0 Å². The third-order valence-corrected chi connectivity index (χ3v) is 1.98. The Morgan fingerprint density at radius 2 is 2.00 bits per heavy atom. The van der Waals surface area contributed by atoms with Gasteiger partial charge in [0.25, 0.3) is 0 Å². The molecule has 1 unspecified atom stereocenters. The Bertz CT molecular complexity index is 332. The second-order valence-corrected chi connectivity index (χ2v) is 3.18. The highest BCUT2D eigenvalue weighted by molar-refractivity contribution is 6.30. The van der Waals surface area contributed by atoms with Crippen LogP contribution in [-0.2, 0) is 14.3 Å². The molecule has 0 bridgehead atoms. The van der Waals surface area contributed by atoms with E-state index in [1.165, 1.54) is 0 Å². The molecule has 74 valence electrons. The summed E-state index contributed by atoms with van der Waals surface area (Å²) in [7, 11) is 0. The second kappa shape index (κ2) is 4.77. The average Bonchev–Trinajstić information content (AvgIpc) is 2.18. The predicted octanol–water partition coefficient (Wildman–Crippen LogP) is 2.14. The number of rotatable bonds is 3. The average molecular weight is 213 g/mol. The van der Waals surface area contributed by atoms with Crippen molar-refractivity contribution in [2.24, 2.45) is 0 Å². The van der Waals surface area contributed by atoms with E-state index in [0.29, 0.717) is 5.02 Å². The van der Waals surface area contributed by atoms with E-state index < -0.39 is 12.1 Å². The highest BCUT2D eigenvalue weighted by atomic mass is 35.5. The number of aldehydes is 1. The molecule has 0 radical (unpaired) electrons. The van der Waals surface area contributed by atoms with Crippen LogP contribution in [0.5, 0.6) is 0 Å². The smallest absolute Gasteiger partial charge is 0.371 e. The summed E-state index contributed by atoms with van der Waals surface area (Å²) < 4.78 is 4.78. The summed E-state index contributed by atoms with van der Waals surface area (Å²) in [5.74, 6) is -0.868. The first-order valence-electron chi connectivity index (χ1n) is 4.04. The molecule has 0 fully saturated rings. The first kappa shape index (κ1) is 10.7. The molecule has 1 aromatic rings. The summed E-state index contributed by atoms with van der Waals surface area (Å²) in [6, 6.07) is 6.88. The van der Waals surface area contributed by atoms with Gasteiger partial charge in [-0.15, -0.1) is 0 Å². The maximum Gasteiger partial charge on any atom is 0.371 e. The zero-order valence-electron chi connectivity index (χ0n) is 7.57. The number of benzene rings is 1. The van der Waals surface area contributed by atoms with Crippen LogP contribution >= 0.6 is 11.6 Å². The van der Waals surface area contributed by atoms with Crippen molar-refractivity contribution in [2.75, 3.05) is 0 Å². The van der Waals surface area contributed by atoms with E-state index in [1.54, 1.807) is 31.2 Å². The second-order valence-electron chi connectivity index (χ2n) is 2.75. The van der Waals surface area contributed by atoms with Crippen LogP contribution < -0.4 is 0 Å². The van der Waals surface area contributed by atoms with Gasteiger partial charge in [-0.2, -0.15) is 0 Å². The summed E-state index contributed by atoms with van der Waals surface area (Å²) in [5.41, 5.74) is 0.796. The molecule has 0 heterocycles. The Labute approximate surface area is 86.6 Å². The minimum atomic E-state index is -0.868. The first-order valence-corrected chi connectivity index (χ1v) is 4.42. The fourth-order valence-electron chi connectivity index (χ4n) is 1.00. The maximum atomic E-state index is 10.6. The van der Waals surface area contributed by atoms with Gasteiger partial charge in [0.2, 0.25) is 6.29 Å². The van der Waals surface area contributed by atoms with Crippen molar-refractivity contribution in [3.05, 3.63) is 34.9 Å². The Morgan fingerprint density at radius 1 is 1.43 bits per heavy atom. The molecule has 1 atom stereocenters. The van der Waals surface area contributed by atoms with E-state index in [2.05, 4.69) is 0 Å². The van der Waals surface area contributed by atoms with Crippen molar-refractivity contribution in [3.8, 4) is 0 Å². The molecule has 1 rings (SSSR count). The van der Waals surface area contributed by atoms with E-state index in [4.69, 9.17) is 16.3 Å². The normalized spacial score (nSPS) is 11.9. The third-order valence-electron chi connectivity index (χ3n) is 1.73. The van der Waals surface area contributed by atoms with Crippen LogP contribution in [-0.4, -0.2) is 12.3 Å². The van der Waals surface area contributed by atoms with Gasteiger partial charge in [0.05, 0.1) is 0 Å². The van der Waals surface area contributed by atoms with Crippen LogP contribution in [0.1, 0.15) is 18.6 Å². The summed E-state index contributed by atoms with van der Waals surface area (Å²) in [5, 5.41) is 0.614. The zero-order chi connectivity index (χ0) is 10.6. The minimum absolute atomic E-state index is 0.145.